The normalized spacial score (nSPS) is 14.7. The van der Waals surface area contributed by atoms with Crippen molar-refractivity contribution >= 4 is 23.4 Å². The van der Waals surface area contributed by atoms with Gasteiger partial charge in [0.2, 0.25) is 5.91 Å². The van der Waals surface area contributed by atoms with E-state index >= 15 is 0 Å². The summed E-state index contributed by atoms with van der Waals surface area (Å²) < 4.78 is 4.97. The third kappa shape index (κ3) is 4.39. The number of carbonyl (C=O) groups is 2. The molecular formula is C20H23N3O3. The number of nitrogens with one attached hydrogen (secondary N) is 1. The summed E-state index contributed by atoms with van der Waals surface area (Å²) in [6, 6.07) is 13.1. The Morgan fingerprint density at radius 2 is 1.88 bits per heavy atom. The number of benzene rings is 1. The zero-order chi connectivity index (χ0) is 18.4. The Morgan fingerprint density at radius 1 is 1.15 bits per heavy atom. The number of pyridine rings is 1. The number of rotatable bonds is 5. The van der Waals surface area contributed by atoms with Gasteiger partial charge in [-0.2, -0.15) is 0 Å². The summed E-state index contributed by atoms with van der Waals surface area (Å²) in [5, 5.41) is 2.97. The number of anilines is 2. The van der Waals surface area contributed by atoms with Gasteiger partial charge in [0.25, 0.3) is 0 Å². The molecule has 1 fully saturated rings. The van der Waals surface area contributed by atoms with Crippen LogP contribution in [0.1, 0.15) is 30.1 Å². The van der Waals surface area contributed by atoms with E-state index < -0.39 is 0 Å². The molecule has 6 heteroatoms. The Balaban J connectivity index is 1.53. The number of para-hydroxylation sites is 1. The van der Waals surface area contributed by atoms with Crippen molar-refractivity contribution in [3.05, 3.63) is 54.2 Å². The maximum Gasteiger partial charge on any atom is 0.339 e. The van der Waals surface area contributed by atoms with Gasteiger partial charge in [0.05, 0.1) is 12.2 Å². The van der Waals surface area contributed by atoms with Crippen LogP contribution in [0.25, 0.3) is 0 Å². The van der Waals surface area contributed by atoms with Gasteiger partial charge in [-0.15, -0.1) is 0 Å². The molecular weight excluding hydrogens is 330 g/mol. The second-order valence-corrected chi connectivity index (χ2v) is 6.24. The van der Waals surface area contributed by atoms with E-state index in [0.29, 0.717) is 12.2 Å². The summed E-state index contributed by atoms with van der Waals surface area (Å²) in [7, 11) is 0. The Kier molecular flexibility index (Phi) is 5.84. The minimum Gasteiger partial charge on any atom is -0.462 e. The first-order chi connectivity index (χ1) is 12.7. The average molecular weight is 353 g/mol. The Morgan fingerprint density at radius 3 is 2.50 bits per heavy atom. The van der Waals surface area contributed by atoms with Crippen molar-refractivity contribution in [3.8, 4) is 0 Å². The second kappa shape index (κ2) is 8.47. The van der Waals surface area contributed by atoms with Crippen LogP contribution in [0, 0.1) is 5.92 Å². The van der Waals surface area contributed by atoms with E-state index in [-0.39, 0.29) is 17.8 Å². The van der Waals surface area contributed by atoms with Crippen LogP contribution in [0.2, 0.25) is 0 Å². The number of aromatic nitrogens is 1. The van der Waals surface area contributed by atoms with Gasteiger partial charge in [0.1, 0.15) is 5.82 Å². The van der Waals surface area contributed by atoms with Crippen molar-refractivity contribution in [3.63, 3.8) is 0 Å². The Hall–Kier alpha value is -2.89. The monoisotopic (exact) mass is 353 g/mol. The van der Waals surface area contributed by atoms with Crippen LogP contribution in [-0.2, 0) is 9.53 Å². The number of piperidine rings is 1. The number of amides is 1. The molecule has 0 radical (unpaired) electrons. The lowest BCUT2D eigenvalue weighted by Gasteiger charge is -2.32. The largest absolute Gasteiger partial charge is 0.462 e. The summed E-state index contributed by atoms with van der Waals surface area (Å²) in [5.74, 6) is 0.537. The molecule has 6 nitrogen and oxygen atoms in total. The third-order valence-electron chi connectivity index (χ3n) is 4.49. The molecule has 26 heavy (non-hydrogen) atoms. The fourth-order valence-electron chi connectivity index (χ4n) is 3.04. The molecule has 0 bridgehead atoms. The minimum atomic E-state index is -0.358. The predicted octanol–water partition coefficient (Wildman–Crippen LogP) is 3.11. The van der Waals surface area contributed by atoms with E-state index in [2.05, 4.69) is 15.2 Å². The second-order valence-electron chi connectivity index (χ2n) is 6.24. The summed E-state index contributed by atoms with van der Waals surface area (Å²) in [4.78, 5) is 30.6. The molecule has 1 N–H and O–H groups in total. The summed E-state index contributed by atoms with van der Waals surface area (Å²) in [6.45, 7) is 3.65. The van der Waals surface area contributed by atoms with Gasteiger partial charge in [-0.25, -0.2) is 9.78 Å². The fraction of sp³-hybridized carbons (Fsp3) is 0.350. The fourth-order valence-corrected chi connectivity index (χ4v) is 3.04. The van der Waals surface area contributed by atoms with Crippen LogP contribution >= 0.6 is 0 Å². The molecule has 1 aliphatic heterocycles. The molecule has 1 saturated heterocycles. The highest BCUT2D eigenvalue weighted by molar-refractivity contribution is 5.92. The first kappa shape index (κ1) is 17.9. The van der Waals surface area contributed by atoms with Gasteiger partial charge in [-0.05, 0) is 44.0 Å². The molecule has 0 spiro atoms. The van der Waals surface area contributed by atoms with Crippen molar-refractivity contribution in [2.24, 2.45) is 5.92 Å². The third-order valence-corrected chi connectivity index (χ3v) is 4.49. The van der Waals surface area contributed by atoms with E-state index in [0.717, 1.165) is 37.4 Å². The molecule has 2 aromatic rings. The van der Waals surface area contributed by atoms with Gasteiger partial charge in [0, 0.05) is 30.9 Å². The molecule has 0 unspecified atom stereocenters. The van der Waals surface area contributed by atoms with Gasteiger partial charge >= 0.3 is 5.97 Å². The first-order valence-corrected chi connectivity index (χ1v) is 8.91. The van der Waals surface area contributed by atoms with E-state index in [9.17, 15) is 9.59 Å². The van der Waals surface area contributed by atoms with E-state index in [1.807, 2.05) is 36.4 Å². The van der Waals surface area contributed by atoms with Crippen molar-refractivity contribution < 1.29 is 14.3 Å². The van der Waals surface area contributed by atoms with E-state index in [4.69, 9.17) is 4.74 Å². The summed E-state index contributed by atoms with van der Waals surface area (Å²) in [5.41, 5.74) is 1.28. The number of esters is 1. The molecule has 1 aromatic heterocycles. The van der Waals surface area contributed by atoms with Crippen LogP contribution in [0.15, 0.2) is 48.7 Å². The van der Waals surface area contributed by atoms with E-state index in [1.54, 1.807) is 19.2 Å². The Labute approximate surface area is 153 Å². The lowest BCUT2D eigenvalue weighted by atomic mass is 9.95. The predicted molar refractivity (Wildman–Crippen MR) is 100 cm³/mol. The number of hydrogen-bond acceptors (Lipinski definition) is 5. The van der Waals surface area contributed by atoms with Gasteiger partial charge in [-0.1, -0.05) is 18.2 Å². The Bertz CT molecular complexity index is 739. The van der Waals surface area contributed by atoms with Crippen molar-refractivity contribution in [2.45, 2.75) is 19.8 Å². The molecule has 2 heterocycles. The van der Waals surface area contributed by atoms with Gasteiger partial charge < -0.3 is 15.0 Å². The molecule has 1 amide bonds. The van der Waals surface area contributed by atoms with Crippen molar-refractivity contribution in [1.29, 1.82) is 0 Å². The van der Waals surface area contributed by atoms with Gasteiger partial charge in [0.15, 0.2) is 0 Å². The van der Waals surface area contributed by atoms with E-state index in [1.165, 1.54) is 0 Å². The maximum absolute atomic E-state index is 12.4. The standard InChI is InChI=1S/C20H23N3O3/c1-2-26-20(25)16-8-9-18(21-14-16)23-12-10-15(11-13-23)19(24)22-17-6-4-3-5-7-17/h3-9,14-15H,2,10-13H2,1H3,(H,22,24). The van der Waals surface area contributed by atoms with Crippen LogP contribution < -0.4 is 10.2 Å². The summed E-state index contributed by atoms with van der Waals surface area (Å²) >= 11 is 0. The quantitative estimate of drug-likeness (QED) is 0.836. The lowest BCUT2D eigenvalue weighted by molar-refractivity contribution is -0.120. The van der Waals surface area contributed by atoms with Gasteiger partial charge in [-0.3, -0.25) is 4.79 Å². The van der Waals surface area contributed by atoms with Crippen LogP contribution in [0.4, 0.5) is 11.5 Å². The molecule has 136 valence electrons. The topological polar surface area (TPSA) is 71.5 Å². The minimum absolute atomic E-state index is 0.00487. The van der Waals surface area contributed by atoms with Crippen LogP contribution in [0.3, 0.4) is 0 Å². The lowest BCUT2D eigenvalue weighted by Crippen LogP contribution is -2.38. The molecule has 0 atom stereocenters. The molecule has 0 saturated carbocycles. The zero-order valence-electron chi connectivity index (χ0n) is 14.9. The number of carbonyl (C=O) groups excluding carboxylic acids is 2. The highest BCUT2D eigenvalue weighted by atomic mass is 16.5. The highest BCUT2D eigenvalue weighted by Gasteiger charge is 2.25. The zero-order valence-corrected chi connectivity index (χ0v) is 14.9. The number of nitrogens with zero attached hydrogens (tertiary/aromatic N) is 2. The smallest absolute Gasteiger partial charge is 0.339 e. The molecule has 3 rings (SSSR count). The number of ether oxygens (including phenoxy) is 1. The molecule has 0 aliphatic carbocycles. The number of hydrogen-bond donors (Lipinski definition) is 1. The molecule has 1 aliphatic rings. The molecule has 1 aromatic carbocycles. The highest BCUT2D eigenvalue weighted by Crippen LogP contribution is 2.23. The average Bonchev–Trinajstić information content (AvgIpc) is 2.69. The summed E-state index contributed by atoms with van der Waals surface area (Å²) in [6.07, 6.45) is 3.10. The van der Waals surface area contributed by atoms with Crippen molar-refractivity contribution in [2.75, 3.05) is 29.9 Å². The SMILES string of the molecule is CCOC(=O)c1ccc(N2CCC(C(=O)Nc3ccccc3)CC2)nc1. The van der Waals surface area contributed by atoms with Crippen LogP contribution in [-0.4, -0.2) is 36.6 Å². The maximum atomic E-state index is 12.4. The first-order valence-electron chi connectivity index (χ1n) is 8.91. The van der Waals surface area contributed by atoms with Crippen molar-refractivity contribution in [1.82, 2.24) is 4.98 Å². The van der Waals surface area contributed by atoms with Crippen LogP contribution in [0.5, 0.6) is 0 Å².